The van der Waals surface area contributed by atoms with Crippen molar-refractivity contribution in [2.75, 3.05) is 0 Å². The fourth-order valence-corrected chi connectivity index (χ4v) is 2.34. The number of nitrogens with one attached hydrogen (secondary N) is 1. The SMILES string of the molecule is Fc1cc(Oc2ccccc2)ccc1-c1n[nH]c2ncncc12. The molecular weight excluding hydrogens is 295 g/mol. The lowest BCUT2D eigenvalue weighted by Gasteiger charge is -2.07. The highest BCUT2D eigenvalue weighted by molar-refractivity contribution is 5.90. The van der Waals surface area contributed by atoms with Crippen LogP contribution in [-0.4, -0.2) is 20.2 Å². The molecular formula is C17H11FN4O. The van der Waals surface area contributed by atoms with Crippen molar-refractivity contribution >= 4 is 11.0 Å². The summed E-state index contributed by atoms with van der Waals surface area (Å²) in [5, 5.41) is 7.57. The number of aromatic nitrogens is 4. The average Bonchev–Trinajstić information content (AvgIpc) is 3.00. The van der Waals surface area contributed by atoms with Crippen LogP contribution < -0.4 is 4.74 Å². The van der Waals surface area contributed by atoms with Crippen molar-refractivity contribution in [2.45, 2.75) is 0 Å². The van der Waals surface area contributed by atoms with E-state index in [4.69, 9.17) is 4.74 Å². The summed E-state index contributed by atoms with van der Waals surface area (Å²) in [5.74, 6) is 0.655. The molecule has 0 aliphatic rings. The highest BCUT2D eigenvalue weighted by Crippen LogP contribution is 2.30. The lowest BCUT2D eigenvalue weighted by atomic mass is 10.1. The third-order valence-electron chi connectivity index (χ3n) is 3.42. The molecule has 1 N–H and O–H groups in total. The summed E-state index contributed by atoms with van der Waals surface area (Å²) in [6.45, 7) is 0. The van der Waals surface area contributed by atoms with Gasteiger partial charge in [0.15, 0.2) is 5.65 Å². The molecule has 0 unspecified atom stereocenters. The van der Waals surface area contributed by atoms with Gasteiger partial charge in [-0.1, -0.05) is 18.2 Å². The number of aromatic amines is 1. The Kier molecular flexibility index (Phi) is 3.20. The molecule has 23 heavy (non-hydrogen) atoms. The van der Waals surface area contributed by atoms with Gasteiger partial charge in [-0.2, -0.15) is 5.10 Å². The number of halogens is 1. The lowest BCUT2D eigenvalue weighted by Crippen LogP contribution is -1.89. The van der Waals surface area contributed by atoms with Gasteiger partial charge in [0, 0.05) is 17.8 Å². The van der Waals surface area contributed by atoms with E-state index in [9.17, 15) is 4.39 Å². The first-order valence-electron chi connectivity index (χ1n) is 6.98. The van der Waals surface area contributed by atoms with Gasteiger partial charge >= 0.3 is 0 Å². The van der Waals surface area contributed by atoms with Crippen LogP contribution in [0.25, 0.3) is 22.3 Å². The zero-order chi connectivity index (χ0) is 15.6. The van der Waals surface area contributed by atoms with Gasteiger partial charge in [-0.05, 0) is 24.3 Å². The largest absolute Gasteiger partial charge is 0.457 e. The number of ether oxygens (including phenoxy) is 1. The number of para-hydroxylation sites is 1. The third-order valence-corrected chi connectivity index (χ3v) is 3.42. The van der Waals surface area contributed by atoms with Gasteiger partial charge in [0.25, 0.3) is 0 Å². The second-order valence-corrected chi connectivity index (χ2v) is 4.91. The maximum atomic E-state index is 14.5. The molecule has 2 heterocycles. The number of nitrogens with zero attached hydrogens (tertiary/aromatic N) is 3. The Hall–Kier alpha value is -3.28. The van der Waals surface area contributed by atoms with E-state index in [1.165, 1.54) is 12.4 Å². The average molecular weight is 306 g/mol. The number of rotatable bonds is 3. The summed E-state index contributed by atoms with van der Waals surface area (Å²) < 4.78 is 20.1. The maximum absolute atomic E-state index is 14.5. The highest BCUT2D eigenvalue weighted by atomic mass is 19.1. The van der Waals surface area contributed by atoms with Crippen LogP contribution in [0.15, 0.2) is 61.1 Å². The molecule has 4 aromatic rings. The Morgan fingerprint density at radius 3 is 2.70 bits per heavy atom. The predicted octanol–water partition coefficient (Wildman–Crippen LogP) is 3.95. The number of H-pyrrole nitrogens is 1. The second kappa shape index (κ2) is 5.49. The maximum Gasteiger partial charge on any atom is 0.159 e. The smallest absolute Gasteiger partial charge is 0.159 e. The van der Waals surface area contributed by atoms with Gasteiger partial charge in [-0.15, -0.1) is 0 Å². The molecule has 0 bridgehead atoms. The van der Waals surface area contributed by atoms with Gasteiger partial charge in [0.2, 0.25) is 0 Å². The Bertz CT molecular complexity index is 969. The third kappa shape index (κ3) is 2.50. The lowest BCUT2D eigenvalue weighted by molar-refractivity contribution is 0.477. The number of hydrogen-bond donors (Lipinski definition) is 1. The quantitative estimate of drug-likeness (QED) is 0.622. The van der Waals surface area contributed by atoms with E-state index in [-0.39, 0.29) is 0 Å². The molecule has 2 aromatic carbocycles. The van der Waals surface area contributed by atoms with Crippen molar-refractivity contribution in [3.63, 3.8) is 0 Å². The number of benzene rings is 2. The summed E-state index contributed by atoms with van der Waals surface area (Å²) in [7, 11) is 0. The number of hydrogen-bond acceptors (Lipinski definition) is 4. The molecule has 0 spiro atoms. The van der Waals surface area contributed by atoms with Gasteiger partial charge in [-0.3, -0.25) is 5.10 Å². The fraction of sp³-hybridized carbons (Fsp3) is 0. The molecule has 112 valence electrons. The first kappa shape index (κ1) is 13.4. The molecule has 0 amide bonds. The molecule has 5 nitrogen and oxygen atoms in total. The summed E-state index contributed by atoms with van der Waals surface area (Å²) in [6.07, 6.45) is 3.02. The molecule has 6 heteroatoms. The molecule has 0 saturated carbocycles. The van der Waals surface area contributed by atoms with Crippen LogP contribution in [0.3, 0.4) is 0 Å². The van der Waals surface area contributed by atoms with Crippen molar-refractivity contribution in [2.24, 2.45) is 0 Å². The Morgan fingerprint density at radius 2 is 1.87 bits per heavy atom. The summed E-state index contributed by atoms with van der Waals surface area (Å²) in [4.78, 5) is 8.01. The summed E-state index contributed by atoms with van der Waals surface area (Å²) in [6, 6.07) is 13.9. The van der Waals surface area contributed by atoms with Gasteiger partial charge in [-0.25, -0.2) is 14.4 Å². The van der Waals surface area contributed by atoms with Crippen LogP contribution in [0.5, 0.6) is 11.5 Å². The predicted molar refractivity (Wildman–Crippen MR) is 83.6 cm³/mol. The van der Waals surface area contributed by atoms with E-state index in [0.717, 1.165) is 0 Å². The fourth-order valence-electron chi connectivity index (χ4n) is 2.34. The van der Waals surface area contributed by atoms with E-state index in [0.29, 0.717) is 33.8 Å². The van der Waals surface area contributed by atoms with Crippen molar-refractivity contribution in [3.8, 4) is 22.8 Å². The van der Waals surface area contributed by atoms with Gasteiger partial charge < -0.3 is 4.74 Å². The van der Waals surface area contributed by atoms with E-state index >= 15 is 0 Å². The summed E-state index contributed by atoms with van der Waals surface area (Å²) in [5.41, 5.74) is 1.41. The van der Waals surface area contributed by atoms with E-state index in [2.05, 4.69) is 20.2 Å². The minimum atomic E-state index is -0.421. The molecule has 0 radical (unpaired) electrons. The van der Waals surface area contributed by atoms with Crippen molar-refractivity contribution in [1.82, 2.24) is 20.2 Å². The topological polar surface area (TPSA) is 63.7 Å². The zero-order valence-electron chi connectivity index (χ0n) is 11.9. The van der Waals surface area contributed by atoms with Crippen molar-refractivity contribution < 1.29 is 9.13 Å². The van der Waals surface area contributed by atoms with Crippen LogP contribution in [-0.2, 0) is 0 Å². The van der Waals surface area contributed by atoms with E-state index < -0.39 is 5.82 Å². The molecule has 0 fully saturated rings. The van der Waals surface area contributed by atoms with Crippen molar-refractivity contribution in [3.05, 3.63) is 66.9 Å². The first-order valence-corrected chi connectivity index (χ1v) is 6.98. The molecule has 0 saturated heterocycles. The minimum absolute atomic E-state index is 0.367. The van der Waals surface area contributed by atoms with E-state index in [1.807, 2.05) is 30.3 Å². The Balaban J connectivity index is 1.71. The Morgan fingerprint density at radius 1 is 1.00 bits per heavy atom. The molecule has 4 rings (SSSR count). The van der Waals surface area contributed by atoms with Gasteiger partial charge in [0.1, 0.15) is 29.3 Å². The Labute approximate surface area is 130 Å². The van der Waals surface area contributed by atoms with Crippen LogP contribution in [0.4, 0.5) is 4.39 Å². The standard InChI is InChI=1S/C17H11FN4O/c18-15-8-12(23-11-4-2-1-3-5-11)6-7-13(15)16-14-9-19-10-20-17(14)22-21-16/h1-10H,(H,19,20,21,22). The number of fused-ring (bicyclic) bond motifs is 1. The van der Waals surface area contributed by atoms with Crippen LogP contribution >= 0.6 is 0 Å². The van der Waals surface area contributed by atoms with Crippen LogP contribution in [0.2, 0.25) is 0 Å². The molecule has 0 atom stereocenters. The first-order chi connectivity index (χ1) is 11.3. The minimum Gasteiger partial charge on any atom is -0.457 e. The second-order valence-electron chi connectivity index (χ2n) is 4.91. The van der Waals surface area contributed by atoms with Crippen LogP contribution in [0, 0.1) is 5.82 Å². The van der Waals surface area contributed by atoms with Crippen LogP contribution in [0.1, 0.15) is 0 Å². The van der Waals surface area contributed by atoms with E-state index in [1.54, 1.807) is 18.3 Å². The monoisotopic (exact) mass is 306 g/mol. The summed E-state index contributed by atoms with van der Waals surface area (Å²) >= 11 is 0. The highest BCUT2D eigenvalue weighted by Gasteiger charge is 2.14. The van der Waals surface area contributed by atoms with Crippen molar-refractivity contribution in [1.29, 1.82) is 0 Å². The molecule has 0 aliphatic carbocycles. The normalized spacial score (nSPS) is 10.8. The zero-order valence-corrected chi connectivity index (χ0v) is 11.9. The molecule has 0 aliphatic heterocycles. The molecule has 2 aromatic heterocycles. The van der Waals surface area contributed by atoms with Gasteiger partial charge in [0.05, 0.1) is 5.39 Å².